The van der Waals surface area contributed by atoms with Gasteiger partial charge in [-0.25, -0.2) is 0 Å². The second-order valence-electron chi connectivity index (χ2n) is 5.83. The number of aliphatic imine (C=N–C) groups is 1. The van der Waals surface area contributed by atoms with Gasteiger partial charge in [0.2, 0.25) is 0 Å². The first-order valence-electron chi connectivity index (χ1n) is 8.81. The Hall–Kier alpha value is -2.55. The van der Waals surface area contributed by atoms with Gasteiger partial charge < -0.3 is 20.5 Å². The molecule has 3 N–H and O–H groups in total. The molecule has 30 heavy (non-hydrogen) atoms. The number of aliphatic hydroxyl groups excluding tert-OH is 1. The third-order valence-electron chi connectivity index (χ3n) is 3.72. The Morgan fingerprint density at radius 2 is 2.07 bits per heavy atom. The van der Waals surface area contributed by atoms with Gasteiger partial charge in [-0.05, 0) is 24.6 Å². The minimum absolute atomic E-state index is 0. The molecule has 1 unspecified atom stereocenters. The lowest BCUT2D eigenvalue weighted by Crippen LogP contribution is -2.39. The van der Waals surface area contributed by atoms with Crippen LogP contribution in [0.25, 0.3) is 0 Å². The van der Waals surface area contributed by atoms with Gasteiger partial charge in [0.05, 0.1) is 24.1 Å². The Morgan fingerprint density at radius 3 is 2.63 bits per heavy atom. The van der Waals surface area contributed by atoms with E-state index in [1.807, 2.05) is 6.92 Å². The van der Waals surface area contributed by atoms with E-state index in [9.17, 15) is 24.0 Å². The fourth-order valence-corrected chi connectivity index (χ4v) is 2.35. The van der Waals surface area contributed by atoms with Crippen LogP contribution in [0.4, 0.5) is 14.5 Å². The van der Waals surface area contributed by atoms with Crippen molar-refractivity contribution < 1.29 is 23.5 Å². The summed E-state index contributed by atoms with van der Waals surface area (Å²) in [5.74, 6) is 0.458. The highest BCUT2D eigenvalue weighted by molar-refractivity contribution is 14.0. The summed E-state index contributed by atoms with van der Waals surface area (Å²) in [7, 11) is 0. The van der Waals surface area contributed by atoms with Crippen LogP contribution in [0.3, 0.4) is 0 Å². The molecule has 1 heterocycles. The molecule has 0 aliphatic carbocycles. The highest BCUT2D eigenvalue weighted by atomic mass is 127. The van der Waals surface area contributed by atoms with Gasteiger partial charge in [-0.2, -0.15) is 13.9 Å². The molecule has 0 amide bonds. The van der Waals surface area contributed by atoms with E-state index < -0.39 is 17.6 Å². The molecule has 2 aromatic rings. The first-order chi connectivity index (χ1) is 13.9. The number of alkyl halides is 2. The van der Waals surface area contributed by atoms with Crippen LogP contribution >= 0.6 is 24.0 Å². The van der Waals surface area contributed by atoms with Crippen molar-refractivity contribution in [2.24, 2.45) is 4.99 Å². The zero-order valence-electron chi connectivity index (χ0n) is 16.1. The third kappa shape index (κ3) is 8.44. The SMILES string of the molecule is CCNC(=NCC(O)c1ccc(OC(F)F)cc1)NCCn1cc([N+](=O)[O-])cn1.I. The summed E-state index contributed by atoms with van der Waals surface area (Å²) >= 11 is 0. The van der Waals surface area contributed by atoms with Gasteiger partial charge in [0.1, 0.15) is 18.1 Å². The van der Waals surface area contributed by atoms with E-state index in [4.69, 9.17) is 0 Å². The highest BCUT2D eigenvalue weighted by Crippen LogP contribution is 2.19. The van der Waals surface area contributed by atoms with Crippen molar-refractivity contribution >= 4 is 35.6 Å². The predicted molar refractivity (Wildman–Crippen MR) is 116 cm³/mol. The Bertz CT molecular complexity index is 819. The van der Waals surface area contributed by atoms with Crippen LogP contribution in [-0.2, 0) is 6.54 Å². The monoisotopic (exact) mass is 540 g/mol. The van der Waals surface area contributed by atoms with Gasteiger partial charge in [0, 0.05) is 13.1 Å². The molecule has 0 saturated heterocycles. The van der Waals surface area contributed by atoms with Crippen LogP contribution in [-0.4, -0.2) is 52.0 Å². The third-order valence-corrected chi connectivity index (χ3v) is 3.72. The molecule has 1 aromatic carbocycles. The number of benzene rings is 1. The Balaban J connectivity index is 0.00000450. The molecule has 0 radical (unpaired) electrons. The maximum absolute atomic E-state index is 12.2. The fourth-order valence-electron chi connectivity index (χ4n) is 2.35. The molecular formula is C17H23F2IN6O4. The van der Waals surface area contributed by atoms with E-state index in [0.29, 0.717) is 31.2 Å². The zero-order chi connectivity index (χ0) is 21.2. The molecule has 13 heteroatoms. The summed E-state index contributed by atoms with van der Waals surface area (Å²) < 4.78 is 30.0. The minimum Gasteiger partial charge on any atom is -0.435 e. The number of aliphatic hydroxyl groups is 1. The maximum atomic E-state index is 12.2. The summed E-state index contributed by atoms with van der Waals surface area (Å²) in [4.78, 5) is 14.4. The number of ether oxygens (including phenoxy) is 1. The largest absolute Gasteiger partial charge is 0.435 e. The van der Waals surface area contributed by atoms with Gasteiger partial charge >= 0.3 is 12.3 Å². The van der Waals surface area contributed by atoms with Crippen LogP contribution in [0.5, 0.6) is 5.75 Å². The van der Waals surface area contributed by atoms with Crippen LogP contribution in [0, 0.1) is 10.1 Å². The lowest BCUT2D eigenvalue weighted by Gasteiger charge is -2.14. The Kier molecular flexibility index (Phi) is 11.0. The molecule has 0 spiro atoms. The van der Waals surface area contributed by atoms with E-state index in [2.05, 4.69) is 25.5 Å². The molecule has 2 rings (SSSR count). The van der Waals surface area contributed by atoms with Gasteiger partial charge in [-0.1, -0.05) is 12.1 Å². The molecule has 166 valence electrons. The van der Waals surface area contributed by atoms with Crippen molar-refractivity contribution in [3.8, 4) is 5.75 Å². The molecule has 0 saturated carbocycles. The summed E-state index contributed by atoms with van der Waals surface area (Å²) in [6.07, 6.45) is 1.57. The van der Waals surface area contributed by atoms with Gasteiger partial charge in [-0.3, -0.25) is 19.8 Å². The summed E-state index contributed by atoms with van der Waals surface area (Å²) in [5, 5.41) is 30.8. The van der Waals surface area contributed by atoms with E-state index in [-0.39, 0.29) is 42.0 Å². The number of nitrogens with zero attached hydrogens (tertiary/aromatic N) is 4. The molecule has 0 aliphatic rings. The lowest BCUT2D eigenvalue weighted by molar-refractivity contribution is -0.385. The maximum Gasteiger partial charge on any atom is 0.387 e. The fraction of sp³-hybridized carbons (Fsp3) is 0.412. The summed E-state index contributed by atoms with van der Waals surface area (Å²) in [5.41, 5.74) is 0.425. The van der Waals surface area contributed by atoms with Crippen LogP contribution in [0.15, 0.2) is 41.7 Å². The molecule has 0 fully saturated rings. The van der Waals surface area contributed by atoms with Crippen LogP contribution in [0.1, 0.15) is 18.6 Å². The van der Waals surface area contributed by atoms with Crippen LogP contribution < -0.4 is 15.4 Å². The molecule has 1 atom stereocenters. The zero-order valence-corrected chi connectivity index (χ0v) is 18.4. The van der Waals surface area contributed by atoms with Crippen molar-refractivity contribution in [3.63, 3.8) is 0 Å². The van der Waals surface area contributed by atoms with E-state index in [1.54, 1.807) is 0 Å². The normalized spacial score (nSPS) is 12.2. The molecular weight excluding hydrogens is 517 g/mol. The van der Waals surface area contributed by atoms with Gasteiger partial charge in [0.15, 0.2) is 5.96 Å². The number of aromatic nitrogens is 2. The van der Waals surface area contributed by atoms with E-state index in [1.165, 1.54) is 41.3 Å². The van der Waals surface area contributed by atoms with Crippen molar-refractivity contribution in [1.29, 1.82) is 0 Å². The predicted octanol–water partition coefficient (Wildman–Crippen LogP) is 2.30. The smallest absolute Gasteiger partial charge is 0.387 e. The van der Waals surface area contributed by atoms with Crippen molar-refractivity contribution in [2.45, 2.75) is 26.2 Å². The van der Waals surface area contributed by atoms with Gasteiger partial charge in [0.25, 0.3) is 0 Å². The second kappa shape index (κ2) is 12.9. The average Bonchev–Trinajstić information content (AvgIpc) is 3.15. The highest BCUT2D eigenvalue weighted by Gasteiger charge is 2.10. The topological polar surface area (TPSA) is 127 Å². The molecule has 1 aromatic heterocycles. The Morgan fingerprint density at radius 1 is 1.37 bits per heavy atom. The van der Waals surface area contributed by atoms with Crippen molar-refractivity contribution in [1.82, 2.24) is 20.4 Å². The van der Waals surface area contributed by atoms with E-state index >= 15 is 0 Å². The minimum atomic E-state index is -2.91. The van der Waals surface area contributed by atoms with Crippen molar-refractivity contribution in [3.05, 3.63) is 52.3 Å². The number of halogens is 3. The Labute approximate surface area is 188 Å². The average molecular weight is 540 g/mol. The lowest BCUT2D eigenvalue weighted by atomic mass is 10.1. The number of guanidine groups is 1. The van der Waals surface area contributed by atoms with E-state index in [0.717, 1.165) is 0 Å². The second-order valence-corrected chi connectivity index (χ2v) is 5.83. The number of hydrogen-bond acceptors (Lipinski definition) is 6. The molecule has 0 bridgehead atoms. The summed E-state index contributed by atoms with van der Waals surface area (Å²) in [6.45, 7) is 0.392. The van der Waals surface area contributed by atoms with Gasteiger partial charge in [-0.15, -0.1) is 24.0 Å². The molecule has 10 nitrogen and oxygen atoms in total. The number of nitro groups is 1. The molecule has 0 aliphatic heterocycles. The quantitative estimate of drug-likeness (QED) is 0.139. The standard InChI is InChI=1S/C17H22F2N6O4.HI/c1-2-20-17(21-7-8-24-11-13(9-23-24)25(27)28)22-10-15(26)12-3-5-14(6-4-12)29-16(18)19;/h3-6,9,11,15-16,26H,2,7-8,10H2,1H3,(H2,20,21,22);1H. The first kappa shape index (κ1) is 25.5. The number of hydrogen-bond donors (Lipinski definition) is 3. The van der Waals surface area contributed by atoms with Crippen LogP contribution in [0.2, 0.25) is 0 Å². The van der Waals surface area contributed by atoms with Crippen molar-refractivity contribution in [2.75, 3.05) is 19.6 Å². The number of nitrogens with one attached hydrogen (secondary N) is 2. The first-order valence-corrected chi connectivity index (χ1v) is 8.81. The number of rotatable bonds is 10. The summed E-state index contributed by atoms with van der Waals surface area (Å²) in [6, 6.07) is 5.67.